The third kappa shape index (κ3) is 1.79. The van der Waals surface area contributed by atoms with Gasteiger partial charge in [-0.3, -0.25) is 14.5 Å². The highest BCUT2D eigenvalue weighted by atomic mass is 16.6. The molecule has 2 aliphatic carbocycles. The van der Waals surface area contributed by atoms with E-state index < -0.39 is 0 Å². The standard InChI is InChI=1S/C18H25NO3/c1-3-5-6-7-8-10-11-13-14(12(10)16-15(11)22-16)18(21)19(9-4-2)17(13)20/h4,10-16H,2-3,5-9H2,1H3. The minimum atomic E-state index is -0.0997. The molecule has 0 aromatic rings. The summed E-state index contributed by atoms with van der Waals surface area (Å²) in [4.78, 5) is 26.8. The molecule has 0 spiro atoms. The van der Waals surface area contributed by atoms with Crippen LogP contribution in [0, 0.1) is 29.6 Å². The van der Waals surface area contributed by atoms with Crippen molar-refractivity contribution in [3.05, 3.63) is 12.7 Å². The topological polar surface area (TPSA) is 49.9 Å². The number of imide groups is 1. The van der Waals surface area contributed by atoms with Gasteiger partial charge in [-0.15, -0.1) is 6.58 Å². The maximum Gasteiger partial charge on any atom is 0.233 e. The highest BCUT2D eigenvalue weighted by molar-refractivity contribution is 6.06. The van der Waals surface area contributed by atoms with E-state index in [4.69, 9.17) is 4.74 Å². The lowest BCUT2D eigenvalue weighted by Crippen LogP contribution is -2.35. The van der Waals surface area contributed by atoms with Gasteiger partial charge in [-0.05, 0) is 12.3 Å². The first-order valence-electron chi connectivity index (χ1n) is 8.82. The Hall–Kier alpha value is -1.16. The van der Waals surface area contributed by atoms with Gasteiger partial charge in [0.2, 0.25) is 11.8 Å². The van der Waals surface area contributed by atoms with Crippen LogP contribution in [0.25, 0.3) is 0 Å². The molecule has 4 nitrogen and oxygen atoms in total. The van der Waals surface area contributed by atoms with Crippen LogP contribution in [-0.2, 0) is 14.3 Å². The minimum Gasteiger partial charge on any atom is -0.369 e. The monoisotopic (exact) mass is 303 g/mol. The van der Waals surface area contributed by atoms with E-state index in [-0.39, 0.29) is 35.9 Å². The van der Waals surface area contributed by atoms with E-state index in [1.54, 1.807) is 6.08 Å². The Balaban J connectivity index is 1.51. The minimum absolute atomic E-state index is 0.0370. The summed E-state index contributed by atoms with van der Waals surface area (Å²) in [6, 6.07) is 0. The third-order valence-corrected chi connectivity index (χ3v) is 6.33. The zero-order valence-electron chi connectivity index (χ0n) is 13.2. The van der Waals surface area contributed by atoms with Crippen molar-refractivity contribution in [1.82, 2.24) is 4.90 Å². The van der Waals surface area contributed by atoms with E-state index in [0.29, 0.717) is 24.3 Å². The zero-order chi connectivity index (χ0) is 15.4. The first-order valence-corrected chi connectivity index (χ1v) is 8.82. The van der Waals surface area contributed by atoms with Crippen LogP contribution in [-0.4, -0.2) is 35.5 Å². The molecule has 2 amide bonds. The molecule has 0 aromatic carbocycles. The number of unbranched alkanes of at least 4 members (excludes halogenated alkanes) is 3. The summed E-state index contributed by atoms with van der Waals surface area (Å²) in [7, 11) is 0. The Morgan fingerprint density at radius 1 is 1.09 bits per heavy atom. The molecule has 120 valence electrons. The fraction of sp³-hybridized carbons (Fsp3) is 0.778. The van der Waals surface area contributed by atoms with Gasteiger partial charge in [0.25, 0.3) is 0 Å². The number of fused-ring (bicyclic) bond motifs is 8. The van der Waals surface area contributed by atoms with Crippen molar-refractivity contribution in [1.29, 1.82) is 0 Å². The lowest BCUT2D eigenvalue weighted by atomic mass is 9.81. The Bertz CT molecular complexity index is 482. The van der Waals surface area contributed by atoms with Crippen LogP contribution in [0.15, 0.2) is 12.7 Å². The highest BCUT2D eigenvalue weighted by Gasteiger charge is 2.77. The van der Waals surface area contributed by atoms with Gasteiger partial charge in [-0.1, -0.05) is 38.7 Å². The van der Waals surface area contributed by atoms with Crippen LogP contribution < -0.4 is 0 Å². The normalized spacial score (nSPS) is 44.4. The van der Waals surface area contributed by atoms with E-state index in [9.17, 15) is 9.59 Å². The molecule has 2 saturated heterocycles. The molecule has 4 aliphatic rings. The molecule has 0 aromatic heterocycles. The van der Waals surface area contributed by atoms with Crippen LogP contribution in [0.3, 0.4) is 0 Å². The molecule has 2 bridgehead atoms. The molecule has 2 heterocycles. The summed E-state index contributed by atoms with van der Waals surface area (Å²) < 4.78 is 5.78. The predicted molar refractivity (Wildman–Crippen MR) is 81.8 cm³/mol. The van der Waals surface area contributed by atoms with Gasteiger partial charge >= 0.3 is 0 Å². The quantitative estimate of drug-likeness (QED) is 0.314. The summed E-state index contributed by atoms with van der Waals surface area (Å²) in [6.07, 6.45) is 8.36. The fourth-order valence-corrected chi connectivity index (χ4v) is 5.53. The molecule has 4 fully saturated rings. The van der Waals surface area contributed by atoms with Gasteiger partial charge in [0.05, 0.1) is 24.0 Å². The largest absolute Gasteiger partial charge is 0.369 e. The fourth-order valence-electron chi connectivity index (χ4n) is 5.53. The van der Waals surface area contributed by atoms with Crippen molar-refractivity contribution in [2.24, 2.45) is 29.6 Å². The van der Waals surface area contributed by atoms with Crippen LogP contribution in [0.4, 0.5) is 0 Å². The summed E-state index contributed by atoms with van der Waals surface area (Å²) in [5.41, 5.74) is 0. The number of carbonyl (C=O) groups is 2. The van der Waals surface area contributed by atoms with Gasteiger partial charge in [-0.25, -0.2) is 0 Å². The molecule has 22 heavy (non-hydrogen) atoms. The lowest BCUT2D eigenvalue weighted by Gasteiger charge is -2.23. The average molecular weight is 303 g/mol. The van der Waals surface area contributed by atoms with Crippen molar-refractivity contribution in [3.8, 4) is 0 Å². The lowest BCUT2D eigenvalue weighted by molar-refractivity contribution is -0.141. The van der Waals surface area contributed by atoms with E-state index >= 15 is 0 Å². The van der Waals surface area contributed by atoms with Crippen molar-refractivity contribution in [3.63, 3.8) is 0 Å². The van der Waals surface area contributed by atoms with E-state index in [2.05, 4.69) is 13.5 Å². The first kappa shape index (κ1) is 14.4. The van der Waals surface area contributed by atoms with Crippen molar-refractivity contribution in [2.75, 3.05) is 6.54 Å². The number of amides is 2. The molecule has 0 radical (unpaired) electrons. The smallest absolute Gasteiger partial charge is 0.233 e. The molecule has 2 saturated carbocycles. The Kier molecular flexibility index (Phi) is 3.40. The first-order chi connectivity index (χ1) is 10.7. The number of hydrogen-bond acceptors (Lipinski definition) is 3. The van der Waals surface area contributed by atoms with E-state index in [0.717, 1.165) is 0 Å². The van der Waals surface area contributed by atoms with E-state index in [1.165, 1.54) is 37.0 Å². The van der Waals surface area contributed by atoms with E-state index in [1.807, 2.05) is 0 Å². The van der Waals surface area contributed by atoms with Gasteiger partial charge in [0.15, 0.2) is 0 Å². The molecule has 0 N–H and O–H groups in total. The molecule has 4 heteroatoms. The number of nitrogens with zero attached hydrogens (tertiary/aromatic N) is 1. The summed E-state index contributed by atoms with van der Waals surface area (Å²) in [6.45, 7) is 6.25. The molecular formula is C18H25NO3. The number of epoxide rings is 1. The molecule has 2 aliphatic heterocycles. The van der Waals surface area contributed by atoms with Crippen LogP contribution in [0.1, 0.15) is 39.0 Å². The average Bonchev–Trinajstić information content (AvgIpc) is 3.11. The maximum absolute atomic E-state index is 12.7. The van der Waals surface area contributed by atoms with Crippen LogP contribution in [0.5, 0.6) is 0 Å². The van der Waals surface area contributed by atoms with Gasteiger partial charge in [0.1, 0.15) is 0 Å². The molecule has 6 atom stereocenters. The van der Waals surface area contributed by atoms with Crippen LogP contribution >= 0.6 is 0 Å². The van der Waals surface area contributed by atoms with Crippen molar-refractivity contribution < 1.29 is 14.3 Å². The van der Waals surface area contributed by atoms with Gasteiger partial charge < -0.3 is 4.74 Å². The number of likely N-dealkylation sites (tertiary alicyclic amines) is 1. The van der Waals surface area contributed by atoms with Crippen LogP contribution in [0.2, 0.25) is 0 Å². The number of carbonyl (C=O) groups excluding carboxylic acids is 2. The number of ether oxygens (including phenoxy) is 1. The Labute approximate surface area is 131 Å². The Morgan fingerprint density at radius 2 is 1.73 bits per heavy atom. The molecule has 6 unspecified atom stereocenters. The number of hydrogen-bond donors (Lipinski definition) is 0. The Morgan fingerprint density at radius 3 is 2.27 bits per heavy atom. The van der Waals surface area contributed by atoms with Crippen molar-refractivity contribution >= 4 is 11.8 Å². The maximum atomic E-state index is 12.7. The van der Waals surface area contributed by atoms with Gasteiger partial charge in [-0.2, -0.15) is 0 Å². The van der Waals surface area contributed by atoms with Crippen molar-refractivity contribution in [2.45, 2.75) is 51.2 Å². The number of rotatable bonds is 7. The SMILES string of the molecule is C=CCN1C(=O)C2C(C1=O)C1C(CCCCCC)C2C2OC21. The zero-order valence-corrected chi connectivity index (χ0v) is 13.2. The summed E-state index contributed by atoms with van der Waals surface area (Å²) in [5.74, 6) is 1.01. The highest BCUT2D eigenvalue weighted by Crippen LogP contribution is 2.67. The predicted octanol–water partition coefficient (Wildman–Crippen LogP) is 2.39. The molecule has 4 rings (SSSR count). The second kappa shape index (κ2) is 5.19. The summed E-state index contributed by atoms with van der Waals surface area (Å²) in [5, 5.41) is 0. The van der Waals surface area contributed by atoms with Gasteiger partial charge in [0, 0.05) is 18.4 Å². The second-order valence-electron chi connectivity index (χ2n) is 7.36. The third-order valence-electron chi connectivity index (χ3n) is 6.33. The second-order valence-corrected chi connectivity index (χ2v) is 7.36. The molecular weight excluding hydrogens is 278 g/mol. The summed E-state index contributed by atoms with van der Waals surface area (Å²) >= 11 is 0.